The summed E-state index contributed by atoms with van der Waals surface area (Å²) in [5.74, 6) is 1.74. The number of ether oxygens (including phenoxy) is 1. The molecule has 0 N–H and O–H groups in total. The van der Waals surface area contributed by atoms with Crippen LogP contribution in [0.25, 0.3) is 11.0 Å². The van der Waals surface area contributed by atoms with Crippen LogP contribution in [0.15, 0.2) is 47.1 Å². The first-order valence-electron chi connectivity index (χ1n) is 11.0. The van der Waals surface area contributed by atoms with Gasteiger partial charge in [0.15, 0.2) is 0 Å². The molecule has 5 rings (SSSR count). The fourth-order valence-electron chi connectivity index (χ4n) is 5.28. The molecule has 164 valence electrons. The number of nitrogens with zero attached hydrogens (tertiary/aromatic N) is 5. The predicted molar refractivity (Wildman–Crippen MR) is 117 cm³/mol. The molecule has 1 aliphatic carbocycles. The Bertz CT molecular complexity index is 1140. The summed E-state index contributed by atoms with van der Waals surface area (Å²) in [4.78, 5) is 17.6. The highest BCUT2D eigenvalue weighted by Crippen LogP contribution is 2.40. The molecule has 1 saturated carbocycles. The molecule has 2 heterocycles. The van der Waals surface area contributed by atoms with Crippen LogP contribution in [0.5, 0.6) is 5.75 Å². The van der Waals surface area contributed by atoms with Gasteiger partial charge in [-0.05, 0) is 77.5 Å². The molecule has 2 bridgehead atoms. The van der Waals surface area contributed by atoms with Gasteiger partial charge in [0.05, 0.1) is 11.6 Å². The summed E-state index contributed by atoms with van der Waals surface area (Å²) in [5.41, 5.74) is 2.51. The maximum Gasteiger partial charge on any atom is 0.253 e. The highest BCUT2D eigenvalue weighted by Gasteiger charge is 2.45. The average molecular weight is 431 g/mol. The number of carbonyl (C=O) groups excluding carboxylic acids is 1. The molecule has 2 unspecified atom stereocenters. The second-order valence-electron chi connectivity index (χ2n) is 8.72. The lowest BCUT2D eigenvalue weighted by Gasteiger charge is -2.42. The van der Waals surface area contributed by atoms with Crippen molar-refractivity contribution in [2.75, 3.05) is 33.3 Å². The van der Waals surface area contributed by atoms with Gasteiger partial charge >= 0.3 is 0 Å². The van der Waals surface area contributed by atoms with E-state index in [1.54, 1.807) is 30.3 Å². The van der Waals surface area contributed by atoms with E-state index in [1.165, 1.54) is 0 Å². The molecule has 32 heavy (non-hydrogen) atoms. The highest BCUT2D eigenvalue weighted by molar-refractivity contribution is 5.97. The fourth-order valence-corrected chi connectivity index (χ4v) is 5.28. The molecule has 3 aromatic rings. The number of piperidine rings is 1. The van der Waals surface area contributed by atoms with Crippen molar-refractivity contribution in [1.29, 1.82) is 5.26 Å². The zero-order chi connectivity index (χ0) is 22.1. The Balaban J connectivity index is 1.18. The summed E-state index contributed by atoms with van der Waals surface area (Å²) in [7, 11) is 1.92. The number of hydrogen-bond acceptors (Lipinski definition) is 7. The number of hydrogen-bond donors (Lipinski definition) is 0. The Labute approximate surface area is 186 Å². The van der Waals surface area contributed by atoms with Crippen LogP contribution < -0.4 is 4.74 Å². The van der Waals surface area contributed by atoms with Gasteiger partial charge in [-0.25, -0.2) is 4.63 Å². The second kappa shape index (κ2) is 8.60. The summed E-state index contributed by atoms with van der Waals surface area (Å²) >= 11 is 0. The first-order chi connectivity index (χ1) is 15.6. The van der Waals surface area contributed by atoms with Crippen molar-refractivity contribution in [3.8, 4) is 11.8 Å². The number of fused-ring (bicyclic) bond motifs is 3. The maximum absolute atomic E-state index is 13.2. The lowest BCUT2D eigenvalue weighted by Crippen LogP contribution is -2.53. The van der Waals surface area contributed by atoms with E-state index in [9.17, 15) is 4.79 Å². The number of carbonyl (C=O) groups is 1. The van der Waals surface area contributed by atoms with E-state index < -0.39 is 0 Å². The zero-order valence-electron chi connectivity index (χ0n) is 18.0. The van der Waals surface area contributed by atoms with Crippen molar-refractivity contribution in [2.45, 2.75) is 18.9 Å². The topological polar surface area (TPSA) is 95.5 Å². The molecule has 1 saturated heterocycles. The van der Waals surface area contributed by atoms with E-state index in [2.05, 4.69) is 21.3 Å². The first-order valence-corrected chi connectivity index (χ1v) is 11.0. The fraction of sp³-hybridized carbons (Fsp3) is 0.417. The smallest absolute Gasteiger partial charge is 0.253 e. The van der Waals surface area contributed by atoms with Gasteiger partial charge in [0.2, 0.25) is 0 Å². The Morgan fingerprint density at radius 2 is 1.88 bits per heavy atom. The Morgan fingerprint density at radius 1 is 1.16 bits per heavy atom. The lowest BCUT2D eigenvalue weighted by atomic mass is 9.90. The SMILES string of the molecule is CN(C(=O)c1ccc2nonc2c1)C1C2CCC1CN(CCOc1ccc(C#N)cc1)C2. The molecule has 2 fully saturated rings. The van der Waals surface area contributed by atoms with Crippen molar-refractivity contribution in [2.24, 2.45) is 11.8 Å². The molecule has 8 heteroatoms. The summed E-state index contributed by atoms with van der Waals surface area (Å²) in [6, 6.07) is 14.9. The van der Waals surface area contributed by atoms with Crippen LogP contribution in [-0.4, -0.2) is 65.4 Å². The van der Waals surface area contributed by atoms with Gasteiger partial charge in [0.25, 0.3) is 5.91 Å². The van der Waals surface area contributed by atoms with Crippen molar-refractivity contribution in [1.82, 2.24) is 20.1 Å². The monoisotopic (exact) mass is 431 g/mol. The number of aromatic nitrogens is 2. The molecule has 0 radical (unpaired) electrons. The molecule has 0 spiro atoms. The van der Waals surface area contributed by atoms with Crippen LogP contribution in [0.4, 0.5) is 0 Å². The minimum atomic E-state index is 0.0226. The Hall–Kier alpha value is -3.44. The lowest BCUT2D eigenvalue weighted by molar-refractivity contribution is 0.0405. The summed E-state index contributed by atoms with van der Waals surface area (Å²) < 4.78 is 10.6. The second-order valence-corrected chi connectivity index (χ2v) is 8.72. The van der Waals surface area contributed by atoms with Gasteiger partial charge in [0.1, 0.15) is 23.4 Å². The molecule has 2 aliphatic rings. The van der Waals surface area contributed by atoms with E-state index in [4.69, 9.17) is 14.6 Å². The minimum Gasteiger partial charge on any atom is -0.492 e. The quantitative estimate of drug-likeness (QED) is 0.592. The van der Waals surface area contributed by atoms with Crippen LogP contribution in [-0.2, 0) is 0 Å². The molecular formula is C24H25N5O3. The highest BCUT2D eigenvalue weighted by atomic mass is 16.6. The largest absolute Gasteiger partial charge is 0.492 e. The van der Waals surface area contributed by atoms with Crippen LogP contribution in [0.1, 0.15) is 28.8 Å². The molecule has 1 amide bonds. The Kier molecular flexibility index (Phi) is 5.50. The van der Waals surface area contributed by atoms with Gasteiger partial charge in [-0.1, -0.05) is 0 Å². The summed E-state index contributed by atoms with van der Waals surface area (Å²) in [5, 5.41) is 16.6. The number of nitriles is 1. The molecule has 8 nitrogen and oxygen atoms in total. The van der Waals surface area contributed by atoms with E-state index in [0.717, 1.165) is 38.2 Å². The van der Waals surface area contributed by atoms with E-state index in [0.29, 0.717) is 40.6 Å². The third-order valence-corrected chi connectivity index (χ3v) is 6.79. The number of benzene rings is 2. The third kappa shape index (κ3) is 3.92. The van der Waals surface area contributed by atoms with Gasteiger partial charge in [-0.3, -0.25) is 9.69 Å². The van der Waals surface area contributed by atoms with Crippen molar-refractivity contribution >= 4 is 16.9 Å². The minimum absolute atomic E-state index is 0.0226. The van der Waals surface area contributed by atoms with Crippen molar-refractivity contribution in [3.63, 3.8) is 0 Å². The molecular weight excluding hydrogens is 406 g/mol. The molecule has 2 atom stereocenters. The van der Waals surface area contributed by atoms with Gasteiger partial charge in [-0.15, -0.1) is 0 Å². The van der Waals surface area contributed by atoms with Crippen LogP contribution in [0.3, 0.4) is 0 Å². The van der Waals surface area contributed by atoms with Crippen LogP contribution >= 0.6 is 0 Å². The first kappa shape index (κ1) is 20.5. The molecule has 2 aromatic carbocycles. The zero-order valence-corrected chi connectivity index (χ0v) is 18.0. The molecule has 1 aliphatic heterocycles. The van der Waals surface area contributed by atoms with E-state index >= 15 is 0 Å². The normalized spacial score (nSPS) is 22.6. The standard InChI is InChI=1S/C24H25N5O3/c1-28(24(30)17-6-9-21-22(12-17)27-32-26-21)23-18-4-5-19(23)15-29(14-18)10-11-31-20-7-2-16(13-25)3-8-20/h2-3,6-9,12,18-19,23H,4-5,10-11,14-15H2,1H3. The van der Waals surface area contributed by atoms with E-state index in [-0.39, 0.29) is 11.9 Å². The van der Waals surface area contributed by atoms with Gasteiger partial charge in [-0.2, -0.15) is 5.26 Å². The number of amides is 1. The predicted octanol–water partition coefficient (Wildman–Crippen LogP) is 2.96. The van der Waals surface area contributed by atoms with Crippen molar-refractivity contribution in [3.05, 3.63) is 53.6 Å². The van der Waals surface area contributed by atoms with Crippen LogP contribution in [0, 0.1) is 23.2 Å². The maximum atomic E-state index is 13.2. The number of rotatable bonds is 6. The van der Waals surface area contributed by atoms with Crippen LogP contribution in [0.2, 0.25) is 0 Å². The number of likely N-dealkylation sites (tertiary alicyclic amines) is 1. The summed E-state index contributed by atoms with van der Waals surface area (Å²) in [6.45, 7) is 3.41. The van der Waals surface area contributed by atoms with Gasteiger partial charge in [0, 0.05) is 38.3 Å². The molecule has 1 aromatic heterocycles. The van der Waals surface area contributed by atoms with E-state index in [1.807, 2.05) is 24.1 Å². The average Bonchev–Trinajstić information content (AvgIpc) is 3.40. The van der Waals surface area contributed by atoms with Crippen molar-refractivity contribution < 1.29 is 14.2 Å². The van der Waals surface area contributed by atoms with Gasteiger partial charge < -0.3 is 9.64 Å². The Morgan fingerprint density at radius 3 is 2.59 bits per heavy atom. The third-order valence-electron chi connectivity index (χ3n) is 6.79. The summed E-state index contributed by atoms with van der Waals surface area (Å²) in [6.07, 6.45) is 2.29.